The quantitative estimate of drug-likeness (QED) is 0.739. The molecule has 0 saturated carbocycles. The molecule has 0 radical (unpaired) electrons. The second kappa shape index (κ2) is 6.95. The average Bonchev–Trinajstić information content (AvgIpc) is 2.43. The van der Waals surface area contributed by atoms with Crippen LogP contribution in [0, 0.1) is 6.92 Å². The third-order valence-corrected chi connectivity index (χ3v) is 4.91. The van der Waals surface area contributed by atoms with Crippen LogP contribution < -0.4 is 5.32 Å². The van der Waals surface area contributed by atoms with Crippen molar-refractivity contribution in [1.29, 1.82) is 0 Å². The van der Waals surface area contributed by atoms with Crippen molar-refractivity contribution >= 4 is 39.1 Å². The highest BCUT2D eigenvalue weighted by molar-refractivity contribution is 9.10. The Morgan fingerprint density at radius 2 is 1.95 bits per heavy atom. The van der Waals surface area contributed by atoms with Crippen LogP contribution in [0.15, 0.2) is 40.9 Å². The molecule has 0 aliphatic carbocycles. The van der Waals surface area contributed by atoms with Gasteiger partial charge < -0.3 is 5.32 Å². The van der Waals surface area contributed by atoms with E-state index < -0.39 is 0 Å². The van der Waals surface area contributed by atoms with Gasteiger partial charge in [0.2, 0.25) is 0 Å². The van der Waals surface area contributed by atoms with Gasteiger partial charge in [0.15, 0.2) is 0 Å². The minimum atomic E-state index is 0.181. The molecule has 4 heteroatoms. The zero-order valence-electron chi connectivity index (χ0n) is 11.4. The number of rotatable bonds is 4. The first-order chi connectivity index (χ1) is 9.52. The highest BCUT2D eigenvalue weighted by Crippen LogP contribution is 2.31. The van der Waals surface area contributed by atoms with E-state index in [1.54, 1.807) is 0 Å². The van der Waals surface area contributed by atoms with E-state index in [9.17, 15) is 0 Å². The standard InChI is InChI=1S/C16H16BrCl2N/c1-10-6-7-13(17)12(8-10)15(20-2)9-11-4-3-5-14(18)16(11)19/h3-8,15,20H,9H2,1-2H3. The van der Waals surface area contributed by atoms with Crippen LogP contribution in [0.25, 0.3) is 0 Å². The van der Waals surface area contributed by atoms with Gasteiger partial charge in [0.05, 0.1) is 10.0 Å². The van der Waals surface area contributed by atoms with Gasteiger partial charge in [-0.15, -0.1) is 0 Å². The summed E-state index contributed by atoms with van der Waals surface area (Å²) in [7, 11) is 1.96. The highest BCUT2D eigenvalue weighted by Gasteiger charge is 2.16. The molecular weight excluding hydrogens is 357 g/mol. The largest absolute Gasteiger partial charge is 0.313 e. The Morgan fingerprint density at radius 1 is 1.20 bits per heavy atom. The summed E-state index contributed by atoms with van der Waals surface area (Å²) >= 11 is 16.0. The Morgan fingerprint density at radius 3 is 2.65 bits per heavy atom. The summed E-state index contributed by atoms with van der Waals surface area (Å²) in [5.74, 6) is 0. The molecule has 2 aromatic carbocycles. The predicted molar refractivity (Wildman–Crippen MR) is 90.8 cm³/mol. The first kappa shape index (κ1) is 15.8. The van der Waals surface area contributed by atoms with Crippen LogP contribution in [0.5, 0.6) is 0 Å². The monoisotopic (exact) mass is 371 g/mol. The normalized spacial score (nSPS) is 12.4. The fraction of sp³-hybridized carbons (Fsp3) is 0.250. The minimum Gasteiger partial charge on any atom is -0.313 e. The maximum absolute atomic E-state index is 6.28. The second-order valence-electron chi connectivity index (χ2n) is 4.78. The lowest BCUT2D eigenvalue weighted by Crippen LogP contribution is -2.19. The van der Waals surface area contributed by atoms with Gasteiger partial charge in [0.1, 0.15) is 0 Å². The van der Waals surface area contributed by atoms with Crippen LogP contribution in [0.4, 0.5) is 0 Å². The fourth-order valence-corrected chi connectivity index (χ4v) is 3.14. The Balaban J connectivity index is 2.34. The molecule has 0 aliphatic heterocycles. The molecular formula is C16H16BrCl2N. The molecule has 2 rings (SSSR count). The third-order valence-electron chi connectivity index (χ3n) is 3.33. The molecule has 1 atom stereocenters. The van der Waals surface area contributed by atoms with E-state index in [1.165, 1.54) is 11.1 Å². The summed E-state index contributed by atoms with van der Waals surface area (Å²) in [6.45, 7) is 2.09. The van der Waals surface area contributed by atoms with Gasteiger partial charge in [-0.05, 0) is 43.7 Å². The van der Waals surface area contributed by atoms with Gasteiger partial charge in [-0.1, -0.05) is 69.0 Å². The smallest absolute Gasteiger partial charge is 0.0624 e. The summed E-state index contributed by atoms with van der Waals surface area (Å²) in [6.07, 6.45) is 0.790. The number of halogens is 3. The number of hydrogen-bond acceptors (Lipinski definition) is 1. The van der Waals surface area contributed by atoms with Crippen LogP contribution in [0.2, 0.25) is 10.0 Å². The molecule has 1 nitrogen and oxygen atoms in total. The molecule has 0 saturated heterocycles. The predicted octanol–water partition coefficient (Wildman–Crippen LogP) is 5.57. The number of nitrogens with one attached hydrogen (secondary N) is 1. The first-order valence-corrected chi connectivity index (χ1v) is 7.94. The molecule has 0 spiro atoms. The molecule has 2 aromatic rings. The molecule has 106 valence electrons. The van der Waals surface area contributed by atoms with Crippen LogP contribution in [-0.2, 0) is 6.42 Å². The summed E-state index contributed by atoms with van der Waals surface area (Å²) in [6, 6.07) is 12.3. The highest BCUT2D eigenvalue weighted by atomic mass is 79.9. The van der Waals surface area contributed by atoms with Crippen molar-refractivity contribution in [3.05, 3.63) is 67.6 Å². The van der Waals surface area contributed by atoms with Crippen molar-refractivity contribution in [2.45, 2.75) is 19.4 Å². The van der Waals surface area contributed by atoms with E-state index in [-0.39, 0.29) is 6.04 Å². The van der Waals surface area contributed by atoms with Gasteiger partial charge in [-0.2, -0.15) is 0 Å². The van der Waals surface area contributed by atoms with Crippen LogP contribution in [0.1, 0.15) is 22.7 Å². The lowest BCUT2D eigenvalue weighted by molar-refractivity contribution is 0.589. The SMILES string of the molecule is CNC(Cc1cccc(Cl)c1Cl)c1cc(C)ccc1Br. The summed E-state index contributed by atoms with van der Waals surface area (Å²) in [5, 5.41) is 4.59. The molecule has 20 heavy (non-hydrogen) atoms. The summed E-state index contributed by atoms with van der Waals surface area (Å²) in [5.41, 5.74) is 3.51. The molecule has 1 N–H and O–H groups in total. The van der Waals surface area contributed by atoms with Gasteiger partial charge >= 0.3 is 0 Å². The van der Waals surface area contributed by atoms with Crippen molar-refractivity contribution in [3.63, 3.8) is 0 Å². The van der Waals surface area contributed by atoms with E-state index in [0.717, 1.165) is 16.5 Å². The summed E-state index contributed by atoms with van der Waals surface area (Å²) in [4.78, 5) is 0. The van der Waals surface area contributed by atoms with E-state index in [1.807, 2.05) is 25.2 Å². The van der Waals surface area contributed by atoms with E-state index in [4.69, 9.17) is 23.2 Å². The summed E-state index contributed by atoms with van der Waals surface area (Å²) < 4.78 is 1.10. The topological polar surface area (TPSA) is 12.0 Å². The van der Waals surface area contributed by atoms with E-state index in [0.29, 0.717) is 10.0 Å². The Labute approximate surface area is 138 Å². The number of aryl methyl sites for hydroxylation is 1. The fourth-order valence-electron chi connectivity index (χ4n) is 2.22. The Hall–Kier alpha value is -0.540. The van der Waals surface area contributed by atoms with Gasteiger partial charge in [0, 0.05) is 10.5 Å². The molecule has 0 fully saturated rings. The average molecular weight is 373 g/mol. The first-order valence-electron chi connectivity index (χ1n) is 6.39. The molecule has 0 amide bonds. The zero-order valence-corrected chi connectivity index (χ0v) is 14.5. The zero-order chi connectivity index (χ0) is 14.7. The maximum Gasteiger partial charge on any atom is 0.0624 e. The van der Waals surface area contributed by atoms with Crippen LogP contribution in [-0.4, -0.2) is 7.05 Å². The van der Waals surface area contributed by atoms with Crippen LogP contribution >= 0.6 is 39.1 Å². The molecule has 0 aliphatic rings. The number of benzene rings is 2. The van der Waals surface area contributed by atoms with Gasteiger partial charge in [-0.3, -0.25) is 0 Å². The molecule has 0 bridgehead atoms. The second-order valence-corrected chi connectivity index (χ2v) is 6.42. The Bertz CT molecular complexity index is 613. The van der Waals surface area contributed by atoms with Crippen molar-refractivity contribution in [2.24, 2.45) is 0 Å². The van der Waals surface area contributed by atoms with Crippen molar-refractivity contribution in [3.8, 4) is 0 Å². The maximum atomic E-state index is 6.28. The van der Waals surface area contributed by atoms with Gasteiger partial charge in [-0.25, -0.2) is 0 Å². The van der Waals surface area contributed by atoms with Crippen molar-refractivity contribution in [1.82, 2.24) is 5.32 Å². The minimum absolute atomic E-state index is 0.181. The van der Waals surface area contributed by atoms with Crippen molar-refractivity contribution in [2.75, 3.05) is 7.05 Å². The van der Waals surface area contributed by atoms with Crippen molar-refractivity contribution < 1.29 is 0 Å². The van der Waals surface area contributed by atoms with E-state index >= 15 is 0 Å². The lowest BCUT2D eigenvalue weighted by atomic mass is 9.97. The lowest BCUT2D eigenvalue weighted by Gasteiger charge is -2.20. The molecule has 0 heterocycles. The molecule has 0 aromatic heterocycles. The molecule has 1 unspecified atom stereocenters. The third kappa shape index (κ3) is 3.56. The number of likely N-dealkylation sites (N-methyl/N-ethyl adjacent to an activating group) is 1. The van der Waals surface area contributed by atoms with Crippen LogP contribution in [0.3, 0.4) is 0 Å². The Kier molecular flexibility index (Phi) is 5.50. The number of hydrogen-bond donors (Lipinski definition) is 1. The van der Waals surface area contributed by atoms with E-state index in [2.05, 4.69) is 46.4 Å². The van der Waals surface area contributed by atoms with Gasteiger partial charge in [0.25, 0.3) is 0 Å².